The molecule has 0 amide bonds. The Hall–Kier alpha value is -1.18. The number of hydrogen-bond donors (Lipinski definition) is 2. The Morgan fingerprint density at radius 3 is 2.64 bits per heavy atom. The van der Waals surface area contributed by atoms with Crippen LogP contribution in [0.3, 0.4) is 0 Å². The Morgan fingerprint density at radius 2 is 2.18 bits per heavy atom. The van der Waals surface area contributed by atoms with Crippen LogP contribution in [0.4, 0.5) is 0 Å². The van der Waals surface area contributed by atoms with E-state index in [1.165, 1.54) is 0 Å². The average molecular weight is 153 g/mol. The van der Waals surface area contributed by atoms with Crippen molar-refractivity contribution in [2.24, 2.45) is 0 Å². The SMILES string of the molecule is C=CN/C(C)=C/C=C(/O)CC. The minimum atomic E-state index is 0.384. The number of aliphatic hydroxyl groups excluding tert-OH is 1. The zero-order chi connectivity index (χ0) is 8.69. The van der Waals surface area contributed by atoms with Crippen LogP contribution < -0.4 is 5.32 Å². The lowest BCUT2D eigenvalue weighted by Crippen LogP contribution is -1.98. The molecule has 0 atom stereocenters. The molecule has 0 radical (unpaired) electrons. The molecule has 0 aliphatic rings. The summed E-state index contributed by atoms with van der Waals surface area (Å²) in [5, 5.41) is 11.9. The van der Waals surface area contributed by atoms with E-state index in [0.717, 1.165) is 5.70 Å². The van der Waals surface area contributed by atoms with E-state index in [1.54, 1.807) is 18.4 Å². The van der Waals surface area contributed by atoms with E-state index in [1.807, 2.05) is 13.8 Å². The Balaban J connectivity index is 3.98. The van der Waals surface area contributed by atoms with Gasteiger partial charge in [-0.2, -0.15) is 0 Å². The highest BCUT2D eigenvalue weighted by molar-refractivity contribution is 5.12. The largest absolute Gasteiger partial charge is 0.512 e. The fraction of sp³-hybridized carbons (Fsp3) is 0.333. The van der Waals surface area contributed by atoms with Crippen molar-refractivity contribution in [3.05, 3.63) is 36.4 Å². The van der Waals surface area contributed by atoms with Crippen molar-refractivity contribution in [2.75, 3.05) is 0 Å². The zero-order valence-electron chi connectivity index (χ0n) is 7.09. The van der Waals surface area contributed by atoms with Crippen molar-refractivity contribution in [1.29, 1.82) is 0 Å². The monoisotopic (exact) mass is 153 g/mol. The summed E-state index contributed by atoms with van der Waals surface area (Å²) in [6, 6.07) is 0. The normalized spacial score (nSPS) is 12.9. The molecular weight excluding hydrogens is 138 g/mol. The first kappa shape index (κ1) is 9.82. The Morgan fingerprint density at radius 1 is 1.55 bits per heavy atom. The third-order valence-corrected chi connectivity index (χ3v) is 1.22. The maximum absolute atomic E-state index is 9.04. The third-order valence-electron chi connectivity index (χ3n) is 1.22. The molecular formula is C9H15NO. The van der Waals surface area contributed by atoms with Crippen LogP contribution in [-0.4, -0.2) is 5.11 Å². The lowest BCUT2D eigenvalue weighted by atomic mass is 10.3. The van der Waals surface area contributed by atoms with Crippen molar-refractivity contribution < 1.29 is 5.11 Å². The molecule has 0 fully saturated rings. The second-order valence-corrected chi connectivity index (χ2v) is 2.21. The summed E-state index contributed by atoms with van der Waals surface area (Å²) in [4.78, 5) is 0. The Bertz CT molecular complexity index is 180. The highest BCUT2D eigenvalue weighted by Gasteiger charge is 1.84. The first-order valence-corrected chi connectivity index (χ1v) is 3.64. The number of aliphatic hydroxyl groups is 1. The van der Waals surface area contributed by atoms with E-state index in [9.17, 15) is 0 Å². The first-order valence-electron chi connectivity index (χ1n) is 3.64. The van der Waals surface area contributed by atoms with Gasteiger partial charge in [0.15, 0.2) is 0 Å². The van der Waals surface area contributed by atoms with Crippen molar-refractivity contribution in [3.63, 3.8) is 0 Å². The number of rotatable bonds is 4. The molecule has 2 N–H and O–H groups in total. The molecule has 0 aromatic rings. The van der Waals surface area contributed by atoms with Gasteiger partial charge in [0.2, 0.25) is 0 Å². The quantitative estimate of drug-likeness (QED) is 0.480. The van der Waals surface area contributed by atoms with Gasteiger partial charge in [0, 0.05) is 12.1 Å². The van der Waals surface area contributed by atoms with Gasteiger partial charge in [-0.1, -0.05) is 13.5 Å². The summed E-state index contributed by atoms with van der Waals surface area (Å²) in [5.41, 5.74) is 0.958. The lowest BCUT2D eigenvalue weighted by molar-refractivity contribution is 0.394. The molecule has 0 unspecified atom stereocenters. The van der Waals surface area contributed by atoms with Gasteiger partial charge in [-0.3, -0.25) is 0 Å². The van der Waals surface area contributed by atoms with Gasteiger partial charge in [0.05, 0.1) is 5.76 Å². The molecule has 0 saturated carbocycles. The Labute approximate surface area is 67.9 Å². The summed E-state index contributed by atoms with van der Waals surface area (Å²) in [6.45, 7) is 7.32. The fourth-order valence-corrected chi connectivity index (χ4v) is 0.548. The van der Waals surface area contributed by atoms with Crippen molar-refractivity contribution in [2.45, 2.75) is 20.3 Å². The van der Waals surface area contributed by atoms with Gasteiger partial charge in [0.1, 0.15) is 0 Å². The van der Waals surface area contributed by atoms with Crippen LogP contribution in [0.15, 0.2) is 36.4 Å². The maximum atomic E-state index is 9.04. The summed E-state index contributed by atoms with van der Waals surface area (Å²) in [6.07, 6.45) is 5.74. The Kier molecular flexibility index (Phi) is 4.99. The van der Waals surface area contributed by atoms with Gasteiger partial charge >= 0.3 is 0 Å². The smallest absolute Gasteiger partial charge is 0.0920 e. The maximum Gasteiger partial charge on any atom is 0.0920 e. The molecule has 62 valence electrons. The second-order valence-electron chi connectivity index (χ2n) is 2.21. The molecule has 11 heavy (non-hydrogen) atoms. The summed E-state index contributed by atoms with van der Waals surface area (Å²) >= 11 is 0. The molecule has 0 rings (SSSR count). The van der Waals surface area contributed by atoms with Crippen LogP contribution >= 0.6 is 0 Å². The summed E-state index contributed by atoms with van der Waals surface area (Å²) < 4.78 is 0. The number of allylic oxidation sites excluding steroid dienone is 4. The summed E-state index contributed by atoms with van der Waals surface area (Å²) in [7, 11) is 0. The number of hydrogen-bond acceptors (Lipinski definition) is 2. The fourth-order valence-electron chi connectivity index (χ4n) is 0.548. The van der Waals surface area contributed by atoms with E-state index in [0.29, 0.717) is 12.2 Å². The molecule has 2 heteroatoms. The van der Waals surface area contributed by atoms with E-state index >= 15 is 0 Å². The highest BCUT2D eigenvalue weighted by Crippen LogP contribution is 1.96. The van der Waals surface area contributed by atoms with Crippen LogP contribution in [-0.2, 0) is 0 Å². The molecule has 0 aromatic heterocycles. The van der Waals surface area contributed by atoms with Gasteiger partial charge in [0.25, 0.3) is 0 Å². The van der Waals surface area contributed by atoms with Crippen LogP contribution in [0.2, 0.25) is 0 Å². The zero-order valence-corrected chi connectivity index (χ0v) is 7.09. The molecule has 0 aliphatic carbocycles. The molecule has 2 nitrogen and oxygen atoms in total. The average Bonchev–Trinajstić information content (AvgIpc) is 2.01. The molecule has 0 spiro atoms. The minimum absolute atomic E-state index is 0.384. The molecule has 0 saturated heterocycles. The minimum Gasteiger partial charge on any atom is -0.512 e. The standard InChI is InChI=1S/C9H15NO/c1-4-9(11)7-6-8(3)10-5-2/h5-7,10-11H,2,4H2,1,3H3/b8-6+,9-7+. The van der Waals surface area contributed by atoms with E-state index in [2.05, 4.69) is 11.9 Å². The van der Waals surface area contributed by atoms with E-state index in [4.69, 9.17) is 5.11 Å². The van der Waals surface area contributed by atoms with Crippen LogP contribution in [0.25, 0.3) is 0 Å². The van der Waals surface area contributed by atoms with E-state index < -0.39 is 0 Å². The van der Waals surface area contributed by atoms with Gasteiger partial charge in [-0.15, -0.1) is 0 Å². The molecule has 0 heterocycles. The number of nitrogens with one attached hydrogen (secondary N) is 1. The molecule has 0 aromatic carbocycles. The van der Waals surface area contributed by atoms with Gasteiger partial charge in [-0.25, -0.2) is 0 Å². The van der Waals surface area contributed by atoms with E-state index in [-0.39, 0.29) is 0 Å². The highest BCUT2D eigenvalue weighted by atomic mass is 16.3. The van der Waals surface area contributed by atoms with Crippen molar-refractivity contribution in [1.82, 2.24) is 5.32 Å². The predicted octanol–water partition coefficient (Wildman–Crippen LogP) is 2.48. The van der Waals surface area contributed by atoms with Crippen LogP contribution in [0.1, 0.15) is 20.3 Å². The second kappa shape index (κ2) is 5.59. The van der Waals surface area contributed by atoms with Crippen molar-refractivity contribution >= 4 is 0 Å². The molecule has 0 aliphatic heterocycles. The van der Waals surface area contributed by atoms with Gasteiger partial charge in [-0.05, 0) is 25.3 Å². The van der Waals surface area contributed by atoms with Crippen LogP contribution in [0.5, 0.6) is 0 Å². The van der Waals surface area contributed by atoms with Crippen molar-refractivity contribution in [3.8, 4) is 0 Å². The lowest BCUT2D eigenvalue weighted by Gasteiger charge is -1.96. The predicted molar refractivity (Wildman–Crippen MR) is 48.1 cm³/mol. The third kappa shape index (κ3) is 5.27. The molecule has 0 bridgehead atoms. The summed E-state index contributed by atoms with van der Waals surface area (Å²) in [5.74, 6) is 0.384. The van der Waals surface area contributed by atoms with Gasteiger partial charge < -0.3 is 10.4 Å². The topological polar surface area (TPSA) is 32.3 Å². The first-order chi connectivity index (χ1) is 5.20. The van der Waals surface area contributed by atoms with Crippen LogP contribution in [0, 0.1) is 0 Å².